The van der Waals surface area contributed by atoms with Crippen molar-refractivity contribution in [3.8, 4) is 11.3 Å². The Hall–Kier alpha value is -1.49. The number of aromatic nitrogens is 1. The van der Waals surface area contributed by atoms with Gasteiger partial charge in [0.1, 0.15) is 10.7 Å². The smallest absolute Gasteiger partial charge is 0.168 e. The number of halogens is 2. The van der Waals surface area contributed by atoms with Crippen LogP contribution in [0, 0.1) is 11.6 Å². The fourth-order valence-electron chi connectivity index (χ4n) is 1.73. The van der Waals surface area contributed by atoms with Crippen LogP contribution in [0.5, 0.6) is 0 Å². The number of nitrogens with zero attached hydrogens (tertiary/aromatic N) is 1. The molecule has 0 radical (unpaired) electrons. The third kappa shape index (κ3) is 1.80. The number of hydrogen-bond donors (Lipinski definition) is 1. The molecule has 1 aromatic heterocycles. The lowest BCUT2D eigenvalue weighted by molar-refractivity contribution is 0.511. The lowest BCUT2D eigenvalue weighted by Gasteiger charge is -2.01. The molecule has 0 atom stereocenters. The summed E-state index contributed by atoms with van der Waals surface area (Å²) in [5.41, 5.74) is 6.34. The average molecular weight is 252 g/mol. The zero-order valence-electron chi connectivity index (χ0n) is 8.91. The molecule has 2 N–H and O–H groups in total. The monoisotopic (exact) mass is 252 g/mol. The Kier molecular flexibility index (Phi) is 2.36. The highest BCUT2D eigenvalue weighted by Gasteiger charge is 2.28. The van der Waals surface area contributed by atoms with Gasteiger partial charge in [-0.15, -0.1) is 11.3 Å². The molecule has 0 aliphatic heterocycles. The zero-order valence-corrected chi connectivity index (χ0v) is 9.73. The van der Waals surface area contributed by atoms with E-state index < -0.39 is 11.6 Å². The molecule has 0 saturated heterocycles. The number of nitrogens with two attached hydrogens (primary N) is 1. The first-order chi connectivity index (χ1) is 8.16. The second-order valence-electron chi connectivity index (χ2n) is 4.14. The van der Waals surface area contributed by atoms with Crippen LogP contribution in [0.25, 0.3) is 11.3 Å². The van der Waals surface area contributed by atoms with Crippen molar-refractivity contribution in [2.24, 2.45) is 0 Å². The summed E-state index contributed by atoms with van der Waals surface area (Å²) < 4.78 is 26.8. The molecule has 88 valence electrons. The van der Waals surface area contributed by atoms with Crippen molar-refractivity contribution in [2.75, 3.05) is 5.73 Å². The van der Waals surface area contributed by atoms with Gasteiger partial charge in [-0.05, 0) is 25.0 Å². The standard InChI is InChI=1S/C12H10F2N2S/c13-8-3-1-2-7(9(8)14)10-11(15)17-12(16-10)6-4-5-6/h1-3,6H,4-5,15H2. The molecule has 1 aliphatic carbocycles. The quantitative estimate of drug-likeness (QED) is 0.887. The van der Waals surface area contributed by atoms with Gasteiger partial charge < -0.3 is 5.73 Å². The minimum Gasteiger partial charge on any atom is -0.389 e. The van der Waals surface area contributed by atoms with Crippen molar-refractivity contribution in [3.05, 3.63) is 34.8 Å². The van der Waals surface area contributed by atoms with Gasteiger partial charge in [-0.25, -0.2) is 13.8 Å². The fourth-order valence-corrected chi connectivity index (χ4v) is 2.75. The van der Waals surface area contributed by atoms with Gasteiger partial charge in [0, 0.05) is 11.5 Å². The van der Waals surface area contributed by atoms with Crippen molar-refractivity contribution in [1.29, 1.82) is 0 Å². The lowest BCUT2D eigenvalue weighted by atomic mass is 10.1. The number of benzene rings is 1. The van der Waals surface area contributed by atoms with E-state index in [2.05, 4.69) is 4.98 Å². The lowest BCUT2D eigenvalue weighted by Crippen LogP contribution is -1.92. The molecule has 2 nitrogen and oxygen atoms in total. The first-order valence-electron chi connectivity index (χ1n) is 5.37. The first-order valence-corrected chi connectivity index (χ1v) is 6.19. The number of rotatable bonds is 2. The number of hydrogen-bond acceptors (Lipinski definition) is 3. The van der Waals surface area contributed by atoms with E-state index in [1.54, 1.807) is 0 Å². The van der Waals surface area contributed by atoms with E-state index in [0.29, 0.717) is 16.6 Å². The van der Waals surface area contributed by atoms with Crippen LogP contribution in [0.15, 0.2) is 18.2 Å². The highest BCUT2D eigenvalue weighted by molar-refractivity contribution is 7.16. The minimum atomic E-state index is -0.883. The Labute approximate surface area is 101 Å². The SMILES string of the molecule is Nc1sc(C2CC2)nc1-c1cccc(F)c1F. The predicted octanol–water partition coefficient (Wildman–Crippen LogP) is 3.55. The van der Waals surface area contributed by atoms with Crippen LogP contribution in [-0.4, -0.2) is 4.98 Å². The molecule has 1 fully saturated rings. The highest BCUT2D eigenvalue weighted by Crippen LogP contribution is 2.45. The maximum atomic E-state index is 13.6. The average Bonchev–Trinajstić information content (AvgIpc) is 3.07. The Bertz CT molecular complexity index is 576. The van der Waals surface area contributed by atoms with Crippen LogP contribution >= 0.6 is 11.3 Å². The van der Waals surface area contributed by atoms with Gasteiger partial charge in [0.2, 0.25) is 0 Å². The van der Waals surface area contributed by atoms with Crippen molar-refractivity contribution >= 4 is 16.3 Å². The van der Waals surface area contributed by atoms with Gasteiger partial charge in [0.05, 0.1) is 5.01 Å². The first kappa shape index (κ1) is 10.7. The Morgan fingerprint density at radius 2 is 2.06 bits per heavy atom. The summed E-state index contributed by atoms with van der Waals surface area (Å²) in [5.74, 6) is -1.29. The summed E-state index contributed by atoms with van der Waals surface area (Å²) in [6.07, 6.45) is 2.22. The zero-order chi connectivity index (χ0) is 12.0. The second kappa shape index (κ2) is 3.77. The molecule has 0 bridgehead atoms. The van der Waals surface area contributed by atoms with Crippen LogP contribution in [0.2, 0.25) is 0 Å². The van der Waals surface area contributed by atoms with Gasteiger partial charge in [-0.2, -0.15) is 0 Å². The third-order valence-corrected chi connectivity index (χ3v) is 3.85. The summed E-state index contributed by atoms with van der Waals surface area (Å²) in [6.45, 7) is 0. The van der Waals surface area contributed by atoms with Gasteiger partial charge >= 0.3 is 0 Å². The second-order valence-corrected chi connectivity index (χ2v) is 5.20. The van der Waals surface area contributed by atoms with E-state index in [4.69, 9.17) is 5.73 Å². The number of nitrogen functional groups attached to an aromatic ring is 1. The molecular formula is C12H10F2N2S. The summed E-state index contributed by atoms with van der Waals surface area (Å²) in [4.78, 5) is 4.33. The summed E-state index contributed by atoms with van der Waals surface area (Å²) >= 11 is 1.37. The molecular weight excluding hydrogens is 242 g/mol. The van der Waals surface area contributed by atoms with Crippen molar-refractivity contribution in [2.45, 2.75) is 18.8 Å². The largest absolute Gasteiger partial charge is 0.389 e. The van der Waals surface area contributed by atoms with Crippen molar-refractivity contribution < 1.29 is 8.78 Å². The fraction of sp³-hybridized carbons (Fsp3) is 0.250. The molecule has 1 saturated carbocycles. The Balaban J connectivity index is 2.11. The molecule has 1 aliphatic rings. The Morgan fingerprint density at radius 1 is 1.29 bits per heavy atom. The van der Waals surface area contributed by atoms with E-state index in [0.717, 1.165) is 23.9 Å². The maximum absolute atomic E-state index is 13.6. The molecule has 17 heavy (non-hydrogen) atoms. The summed E-state index contributed by atoms with van der Waals surface area (Å²) in [5, 5.41) is 1.39. The Morgan fingerprint density at radius 3 is 2.76 bits per heavy atom. The van der Waals surface area contributed by atoms with Crippen LogP contribution in [0.4, 0.5) is 13.8 Å². The molecule has 3 rings (SSSR count). The molecule has 1 heterocycles. The maximum Gasteiger partial charge on any atom is 0.168 e. The minimum absolute atomic E-state index is 0.144. The van der Waals surface area contributed by atoms with Gasteiger partial charge in [0.15, 0.2) is 11.6 Å². The van der Waals surface area contributed by atoms with Crippen molar-refractivity contribution in [1.82, 2.24) is 4.98 Å². The van der Waals surface area contributed by atoms with E-state index in [9.17, 15) is 8.78 Å². The van der Waals surface area contributed by atoms with Crippen LogP contribution in [0.3, 0.4) is 0 Å². The molecule has 1 aromatic carbocycles. The summed E-state index contributed by atoms with van der Waals surface area (Å²) in [6, 6.07) is 4.05. The topological polar surface area (TPSA) is 38.9 Å². The number of anilines is 1. The molecule has 0 unspecified atom stereocenters. The number of thiazole rings is 1. The van der Waals surface area contributed by atoms with Crippen LogP contribution < -0.4 is 5.73 Å². The molecule has 0 spiro atoms. The van der Waals surface area contributed by atoms with Gasteiger partial charge in [-0.1, -0.05) is 6.07 Å². The van der Waals surface area contributed by atoms with Crippen LogP contribution in [-0.2, 0) is 0 Å². The van der Waals surface area contributed by atoms with E-state index in [1.807, 2.05) is 0 Å². The van der Waals surface area contributed by atoms with Crippen molar-refractivity contribution in [3.63, 3.8) is 0 Å². The third-order valence-electron chi connectivity index (χ3n) is 2.80. The van der Waals surface area contributed by atoms with Gasteiger partial charge in [0.25, 0.3) is 0 Å². The summed E-state index contributed by atoms with van der Waals surface area (Å²) in [7, 11) is 0. The van der Waals surface area contributed by atoms with Crippen LogP contribution in [0.1, 0.15) is 23.8 Å². The van der Waals surface area contributed by atoms with E-state index >= 15 is 0 Å². The van der Waals surface area contributed by atoms with E-state index in [1.165, 1.54) is 23.5 Å². The molecule has 2 aromatic rings. The highest BCUT2D eigenvalue weighted by atomic mass is 32.1. The molecule has 5 heteroatoms. The van der Waals surface area contributed by atoms with Gasteiger partial charge in [-0.3, -0.25) is 0 Å². The molecule has 0 amide bonds. The predicted molar refractivity (Wildman–Crippen MR) is 63.9 cm³/mol. The normalized spacial score (nSPS) is 15.2. The van der Waals surface area contributed by atoms with E-state index in [-0.39, 0.29) is 5.56 Å².